The van der Waals surface area contributed by atoms with Crippen LogP contribution in [0, 0.1) is 5.92 Å². The van der Waals surface area contributed by atoms with E-state index in [1.807, 2.05) is 6.92 Å². The SMILES string of the molecule is CCOC(=O)CC/C(C)=C/C1CC=CCC1. The third-order valence-corrected chi connectivity index (χ3v) is 2.86. The lowest BCUT2D eigenvalue weighted by atomic mass is 9.92. The molecule has 1 atom stereocenters. The molecule has 0 aromatic heterocycles. The van der Waals surface area contributed by atoms with Crippen LogP contribution in [0.5, 0.6) is 0 Å². The number of hydrogen-bond acceptors (Lipinski definition) is 2. The molecule has 0 saturated carbocycles. The summed E-state index contributed by atoms with van der Waals surface area (Å²) >= 11 is 0. The van der Waals surface area contributed by atoms with Gasteiger partial charge in [-0.2, -0.15) is 0 Å². The highest BCUT2D eigenvalue weighted by molar-refractivity contribution is 5.69. The van der Waals surface area contributed by atoms with E-state index >= 15 is 0 Å². The molecular formula is C14H22O2. The van der Waals surface area contributed by atoms with Gasteiger partial charge in [-0.15, -0.1) is 0 Å². The molecule has 0 radical (unpaired) electrons. The predicted octanol–water partition coefficient (Wildman–Crippen LogP) is 3.63. The summed E-state index contributed by atoms with van der Waals surface area (Å²) in [6.45, 7) is 4.43. The van der Waals surface area contributed by atoms with Crippen LogP contribution in [0.4, 0.5) is 0 Å². The molecule has 0 fully saturated rings. The van der Waals surface area contributed by atoms with Gasteiger partial charge in [0, 0.05) is 6.42 Å². The summed E-state index contributed by atoms with van der Waals surface area (Å²) in [6, 6.07) is 0. The first kappa shape index (κ1) is 13.0. The Hall–Kier alpha value is -1.05. The molecule has 1 aliphatic carbocycles. The van der Waals surface area contributed by atoms with E-state index in [2.05, 4.69) is 25.2 Å². The quantitative estimate of drug-likeness (QED) is 0.524. The van der Waals surface area contributed by atoms with Crippen molar-refractivity contribution in [3.8, 4) is 0 Å². The Morgan fingerprint density at radius 1 is 1.44 bits per heavy atom. The lowest BCUT2D eigenvalue weighted by Crippen LogP contribution is -2.04. The Balaban J connectivity index is 2.27. The van der Waals surface area contributed by atoms with Crippen LogP contribution in [0.25, 0.3) is 0 Å². The summed E-state index contributed by atoms with van der Waals surface area (Å²) in [7, 11) is 0. The standard InChI is InChI=1S/C14H22O2/c1-3-16-14(15)10-9-12(2)11-13-7-5-4-6-8-13/h4-5,11,13H,3,6-10H2,1-2H3/b12-11+. The van der Waals surface area contributed by atoms with Gasteiger partial charge in [0.15, 0.2) is 0 Å². The molecule has 0 aliphatic heterocycles. The van der Waals surface area contributed by atoms with E-state index in [0.29, 0.717) is 18.9 Å². The highest BCUT2D eigenvalue weighted by Crippen LogP contribution is 2.21. The van der Waals surface area contributed by atoms with Gasteiger partial charge in [0.2, 0.25) is 0 Å². The minimum Gasteiger partial charge on any atom is -0.466 e. The summed E-state index contributed by atoms with van der Waals surface area (Å²) in [5.74, 6) is 0.589. The molecule has 0 saturated heterocycles. The van der Waals surface area contributed by atoms with Crippen LogP contribution in [0.1, 0.15) is 46.0 Å². The van der Waals surface area contributed by atoms with E-state index in [4.69, 9.17) is 4.74 Å². The molecule has 1 unspecified atom stereocenters. The van der Waals surface area contributed by atoms with Crippen molar-refractivity contribution in [2.75, 3.05) is 6.61 Å². The van der Waals surface area contributed by atoms with Gasteiger partial charge in [0.25, 0.3) is 0 Å². The smallest absolute Gasteiger partial charge is 0.306 e. The maximum absolute atomic E-state index is 11.2. The fraction of sp³-hybridized carbons (Fsp3) is 0.643. The van der Waals surface area contributed by atoms with Gasteiger partial charge >= 0.3 is 5.97 Å². The zero-order valence-corrected chi connectivity index (χ0v) is 10.4. The molecule has 1 aliphatic rings. The summed E-state index contributed by atoms with van der Waals surface area (Å²) in [5.41, 5.74) is 1.31. The summed E-state index contributed by atoms with van der Waals surface area (Å²) in [4.78, 5) is 11.2. The number of allylic oxidation sites excluding steroid dienone is 4. The van der Waals surface area contributed by atoms with Crippen molar-refractivity contribution in [2.24, 2.45) is 5.92 Å². The van der Waals surface area contributed by atoms with Crippen molar-refractivity contribution >= 4 is 5.97 Å². The second-order valence-electron chi connectivity index (χ2n) is 4.36. The zero-order valence-electron chi connectivity index (χ0n) is 10.4. The molecule has 16 heavy (non-hydrogen) atoms. The number of ether oxygens (including phenoxy) is 1. The van der Waals surface area contributed by atoms with Gasteiger partial charge in [-0.1, -0.05) is 23.8 Å². The third kappa shape index (κ3) is 5.15. The fourth-order valence-corrected chi connectivity index (χ4v) is 1.99. The summed E-state index contributed by atoms with van der Waals surface area (Å²) in [5, 5.41) is 0. The van der Waals surface area contributed by atoms with Crippen molar-refractivity contribution in [3.63, 3.8) is 0 Å². The van der Waals surface area contributed by atoms with Crippen LogP contribution in [0.2, 0.25) is 0 Å². The maximum Gasteiger partial charge on any atom is 0.306 e. The fourth-order valence-electron chi connectivity index (χ4n) is 1.99. The van der Waals surface area contributed by atoms with Gasteiger partial charge in [-0.05, 0) is 45.4 Å². The number of esters is 1. The van der Waals surface area contributed by atoms with Gasteiger partial charge in [0.1, 0.15) is 0 Å². The second kappa shape index (κ2) is 7.26. The summed E-state index contributed by atoms with van der Waals surface area (Å²) in [6.07, 6.45) is 11.7. The first-order valence-corrected chi connectivity index (χ1v) is 6.20. The van der Waals surface area contributed by atoms with Crippen molar-refractivity contribution in [1.29, 1.82) is 0 Å². The molecular weight excluding hydrogens is 200 g/mol. The Morgan fingerprint density at radius 2 is 2.25 bits per heavy atom. The molecule has 90 valence electrons. The van der Waals surface area contributed by atoms with Crippen molar-refractivity contribution < 1.29 is 9.53 Å². The monoisotopic (exact) mass is 222 g/mol. The summed E-state index contributed by atoms with van der Waals surface area (Å²) < 4.78 is 4.90. The van der Waals surface area contributed by atoms with Gasteiger partial charge in [-0.25, -0.2) is 0 Å². The highest BCUT2D eigenvalue weighted by Gasteiger charge is 2.08. The van der Waals surface area contributed by atoms with E-state index < -0.39 is 0 Å². The van der Waals surface area contributed by atoms with E-state index in [-0.39, 0.29) is 5.97 Å². The molecule has 0 N–H and O–H groups in total. The molecule has 0 aromatic carbocycles. The lowest BCUT2D eigenvalue weighted by molar-refractivity contribution is -0.143. The van der Waals surface area contributed by atoms with Crippen LogP contribution in [0.3, 0.4) is 0 Å². The van der Waals surface area contributed by atoms with Crippen LogP contribution >= 0.6 is 0 Å². The van der Waals surface area contributed by atoms with Crippen LogP contribution < -0.4 is 0 Å². The molecule has 0 amide bonds. The Bertz CT molecular complexity index is 276. The van der Waals surface area contributed by atoms with E-state index in [1.165, 1.54) is 18.4 Å². The second-order valence-corrected chi connectivity index (χ2v) is 4.36. The van der Waals surface area contributed by atoms with E-state index in [9.17, 15) is 4.79 Å². The molecule has 0 spiro atoms. The van der Waals surface area contributed by atoms with Gasteiger partial charge < -0.3 is 4.74 Å². The molecule has 0 bridgehead atoms. The normalized spacial score (nSPS) is 20.9. The van der Waals surface area contributed by atoms with Crippen molar-refractivity contribution in [1.82, 2.24) is 0 Å². The third-order valence-electron chi connectivity index (χ3n) is 2.86. The zero-order chi connectivity index (χ0) is 11.8. The minimum absolute atomic E-state index is 0.0845. The topological polar surface area (TPSA) is 26.3 Å². The first-order valence-electron chi connectivity index (χ1n) is 6.20. The average molecular weight is 222 g/mol. The molecule has 0 heterocycles. The number of rotatable bonds is 5. The number of hydrogen-bond donors (Lipinski definition) is 0. The molecule has 2 heteroatoms. The molecule has 0 aromatic rings. The number of carbonyl (C=O) groups is 1. The minimum atomic E-state index is -0.0845. The predicted molar refractivity (Wildman–Crippen MR) is 66.1 cm³/mol. The van der Waals surface area contributed by atoms with Crippen LogP contribution in [0.15, 0.2) is 23.8 Å². The van der Waals surface area contributed by atoms with Crippen molar-refractivity contribution in [2.45, 2.75) is 46.0 Å². The Morgan fingerprint density at radius 3 is 2.88 bits per heavy atom. The Kier molecular flexibility index (Phi) is 5.91. The average Bonchev–Trinajstić information content (AvgIpc) is 2.28. The van der Waals surface area contributed by atoms with E-state index in [0.717, 1.165) is 12.8 Å². The lowest BCUT2D eigenvalue weighted by Gasteiger charge is -2.14. The first-order chi connectivity index (χ1) is 7.72. The highest BCUT2D eigenvalue weighted by atomic mass is 16.5. The van der Waals surface area contributed by atoms with Gasteiger partial charge in [-0.3, -0.25) is 4.79 Å². The van der Waals surface area contributed by atoms with Gasteiger partial charge in [0.05, 0.1) is 6.61 Å². The maximum atomic E-state index is 11.2. The van der Waals surface area contributed by atoms with Crippen LogP contribution in [-0.2, 0) is 9.53 Å². The van der Waals surface area contributed by atoms with Crippen LogP contribution in [-0.4, -0.2) is 12.6 Å². The largest absolute Gasteiger partial charge is 0.466 e. The molecule has 1 rings (SSSR count). The Labute approximate surface area is 98.4 Å². The van der Waals surface area contributed by atoms with Crippen molar-refractivity contribution in [3.05, 3.63) is 23.8 Å². The van der Waals surface area contributed by atoms with E-state index in [1.54, 1.807) is 0 Å². The number of carbonyl (C=O) groups excluding carboxylic acids is 1. The molecule has 2 nitrogen and oxygen atoms in total.